The van der Waals surface area contributed by atoms with Crippen LogP contribution in [-0.4, -0.2) is 36.6 Å². The number of ether oxygens (including phenoxy) is 1. The van der Waals surface area contributed by atoms with Crippen molar-refractivity contribution in [1.29, 1.82) is 0 Å². The zero-order valence-corrected chi connectivity index (χ0v) is 8.87. The van der Waals surface area contributed by atoms with Crippen LogP contribution in [0.5, 0.6) is 0 Å². The van der Waals surface area contributed by atoms with Gasteiger partial charge in [0.05, 0.1) is 12.5 Å². The molecule has 2 aliphatic rings. The van der Waals surface area contributed by atoms with E-state index >= 15 is 0 Å². The van der Waals surface area contributed by atoms with E-state index in [9.17, 15) is 4.79 Å². The van der Waals surface area contributed by atoms with Gasteiger partial charge in [-0.2, -0.15) is 0 Å². The minimum atomic E-state index is 0.0119. The maximum atomic E-state index is 11.5. The van der Waals surface area contributed by atoms with Crippen LogP contribution in [0.2, 0.25) is 0 Å². The number of carbonyl (C=O) groups is 1. The summed E-state index contributed by atoms with van der Waals surface area (Å²) in [5.74, 6) is 0.155. The summed E-state index contributed by atoms with van der Waals surface area (Å²) in [5.41, 5.74) is 0. The lowest BCUT2D eigenvalue weighted by Crippen LogP contribution is -2.40. The predicted molar refractivity (Wildman–Crippen MR) is 54.0 cm³/mol. The Kier molecular flexibility index (Phi) is 3.06. The highest BCUT2D eigenvalue weighted by molar-refractivity contribution is 5.72. The summed E-state index contributed by atoms with van der Waals surface area (Å²) >= 11 is 0. The SMILES string of the molecule is CCOC(=O)[C@H]1CCCN(C2CC2)C1. The first kappa shape index (κ1) is 9.97. The lowest BCUT2D eigenvalue weighted by molar-refractivity contribution is -0.150. The maximum Gasteiger partial charge on any atom is 0.310 e. The van der Waals surface area contributed by atoms with Gasteiger partial charge in [0.1, 0.15) is 0 Å². The first-order valence-corrected chi connectivity index (χ1v) is 5.72. The van der Waals surface area contributed by atoms with E-state index in [4.69, 9.17) is 4.74 Å². The molecule has 3 heteroatoms. The third kappa shape index (κ3) is 2.27. The van der Waals surface area contributed by atoms with Crippen molar-refractivity contribution in [3.63, 3.8) is 0 Å². The Morgan fingerprint density at radius 2 is 2.21 bits per heavy atom. The number of hydrogen-bond donors (Lipinski definition) is 0. The zero-order valence-electron chi connectivity index (χ0n) is 8.87. The van der Waals surface area contributed by atoms with E-state index in [1.807, 2.05) is 6.92 Å². The summed E-state index contributed by atoms with van der Waals surface area (Å²) in [6.45, 7) is 4.50. The van der Waals surface area contributed by atoms with Crippen molar-refractivity contribution in [3.05, 3.63) is 0 Å². The van der Waals surface area contributed by atoms with E-state index in [1.54, 1.807) is 0 Å². The molecular weight excluding hydrogens is 178 g/mol. The molecular formula is C11H19NO2. The molecule has 1 heterocycles. The molecule has 0 radical (unpaired) electrons. The van der Waals surface area contributed by atoms with E-state index in [2.05, 4.69) is 4.90 Å². The highest BCUT2D eigenvalue weighted by atomic mass is 16.5. The summed E-state index contributed by atoms with van der Waals surface area (Å²) in [4.78, 5) is 14.0. The largest absolute Gasteiger partial charge is 0.466 e. The van der Waals surface area contributed by atoms with E-state index in [0.29, 0.717) is 6.61 Å². The summed E-state index contributed by atoms with van der Waals surface area (Å²) < 4.78 is 5.06. The lowest BCUT2D eigenvalue weighted by Gasteiger charge is -2.31. The third-order valence-corrected chi connectivity index (χ3v) is 3.14. The molecule has 1 atom stereocenters. The van der Waals surface area contributed by atoms with Gasteiger partial charge in [0, 0.05) is 12.6 Å². The van der Waals surface area contributed by atoms with Crippen LogP contribution in [-0.2, 0) is 9.53 Å². The van der Waals surface area contributed by atoms with Crippen LogP contribution in [0.25, 0.3) is 0 Å². The molecule has 2 fully saturated rings. The molecule has 1 aliphatic carbocycles. The third-order valence-electron chi connectivity index (χ3n) is 3.14. The molecule has 80 valence electrons. The molecule has 3 nitrogen and oxygen atoms in total. The van der Waals surface area contributed by atoms with E-state index in [0.717, 1.165) is 25.4 Å². The van der Waals surface area contributed by atoms with Crippen LogP contribution >= 0.6 is 0 Å². The number of carbonyl (C=O) groups excluding carboxylic acids is 1. The first-order valence-electron chi connectivity index (χ1n) is 5.72. The molecule has 0 amide bonds. The topological polar surface area (TPSA) is 29.5 Å². The Morgan fingerprint density at radius 3 is 2.86 bits per heavy atom. The quantitative estimate of drug-likeness (QED) is 0.641. The van der Waals surface area contributed by atoms with Crippen molar-refractivity contribution in [3.8, 4) is 0 Å². The van der Waals surface area contributed by atoms with Crippen molar-refractivity contribution >= 4 is 5.97 Å². The van der Waals surface area contributed by atoms with Crippen LogP contribution in [0.4, 0.5) is 0 Å². The predicted octanol–water partition coefficient (Wildman–Crippen LogP) is 1.42. The number of piperidine rings is 1. The first-order chi connectivity index (χ1) is 6.81. The van der Waals surface area contributed by atoms with E-state index in [1.165, 1.54) is 19.4 Å². The molecule has 0 N–H and O–H groups in total. The molecule has 0 aromatic carbocycles. The maximum absolute atomic E-state index is 11.5. The van der Waals surface area contributed by atoms with E-state index in [-0.39, 0.29) is 11.9 Å². The summed E-state index contributed by atoms with van der Waals surface area (Å²) in [5, 5.41) is 0. The van der Waals surface area contributed by atoms with Crippen molar-refractivity contribution in [1.82, 2.24) is 4.90 Å². The van der Waals surface area contributed by atoms with Gasteiger partial charge < -0.3 is 4.74 Å². The van der Waals surface area contributed by atoms with E-state index < -0.39 is 0 Å². The van der Waals surface area contributed by atoms with Crippen LogP contribution in [0.15, 0.2) is 0 Å². The van der Waals surface area contributed by atoms with Gasteiger partial charge in [-0.25, -0.2) is 0 Å². The molecule has 1 saturated heterocycles. The number of esters is 1. The summed E-state index contributed by atoms with van der Waals surface area (Å²) in [6, 6.07) is 0.784. The number of hydrogen-bond acceptors (Lipinski definition) is 3. The Labute approximate surface area is 85.4 Å². The van der Waals surface area contributed by atoms with Gasteiger partial charge in [-0.05, 0) is 39.2 Å². The fourth-order valence-electron chi connectivity index (χ4n) is 2.23. The second-order valence-electron chi connectivity index (χ2n) is 4.32. The fourth-order valence-corrected chi connectivity index (χ4v) is 2.23. The standard InChI is InChI=1S/C11H19NO2/c1-2-14-11(13)9-4-3-7-12(8-9)10-5-6-10/h9-10H,2-8H2,1H3/t9-/m0/s1. The minimum absolute atomic E-state index is 0.0119. The number of nitrogens with zero attached hydrogens (tertiary/aromatic N) is 1. The second-order valence-corrected chi connectivity index (χ2v) is 4.32. The smallest absolute Gasteiger partial charge is 0.310 e. The molecule has 2 rings (SSSR count). The molecule has 0 aromatic rings. The van der Waals surface area contributed by atoms with Gasteiger partial charge in [0.15, 0.2) is 0 Å². The molecule has 14 heavy (non-hydrogen) atoms. The van der Waals surface area contributed by atoms with Gasteiger partial charge in [0.2, 0.25) is 0 Å². The molecule has 0 spiro atoms. The monoisotopic (exact) mass is 197 g/mol. The summed E-state index contributed by atoms with van der Waals surface area (Å²) in [6.07, 6.45) is 4.83. The van der Waals surface area contributed by atoms with Crippen molar-refractivity contribution in [2.45, 2.75) is 38.6 Å². The Bertz CT molecular complexity index is 213. The Balaban J connectivity index is 1.83. The van der Waals surface area contributed by atoms with Crippen molar-refractivity contribution in [2.24, 2.45) is 5.92 Å². The Hall–Kier alpha value is -0.570. The van der Waals surface area contributed by atoms with Crippen LogP contribution < -0.4 is 0 Å². The number of rotatable bonds is 3. The van der Waals surface area contributed by atoms with Gasteiger partial charge >= 0.3 is 5.97 Å². The highest BCUT2D eigenvalue weighted by Gasteiger charge is 2.35. The lowest BCUT2D eigenvalue weighted by atomic mass is 9.98. The molecule has 0 unspecified atom stereocenters. The van der Waals surface area contributed by atoms with Gasteiger partial charge in [-0.1, -0.05) is 0 Å². The highest BCUT2D eigenvalue weighted by Crippen LogP contribution is 2.31. The Morgan fingerprint density at radius 1 is 1.43 bits per heavy atom. The average molecular weight is 197 g/mol. The van der Waals surface area contributed by atoms with Gasteiger partial charge in [-0.3, -0.25) is 9.69 Å². The normalized spacial score (nSPS) is 28.8. The fraction of sp³-hybridized carbons (Fsp3) is 0.909. The molecule has 0 bridgehead atoms. The molecule has 0 aromatic heterocycles. The van der Waals surface area contributed by atoms with Gasteiger partial charge in [-0.15, -0.1) is 0 Å². The van der Waals surface area contributed by atoms with Gasteiger partial charge in [0.25, 0.3) is 0 Å². The molecule has 1 aliphatic heterocycles. The van der Waals surface area contributed by atoms with Crippen LogP contribution in [0.3, 0.4) is 0 Å². The van der Waals surface area contributed by atoms with Crippen LogP contribution in [0.1, 0.15) is 32.6 Å². The molecule has 1 saturated carbocycles. The van der Waals surface area contributed by atoms with Crippen molar-refractivity contribution < 1.29 is 9.53 Å². The minimum Gasteiger partial charge on any atom is -0.466 e. The second kappa shape index (κ2) is 4.30. The van der Waals surface area contributed by atoms with Crippen LogP contribution in [0, 0.1) is 5.92 Å². The summed E-state index contributed by atoms with van der Waals surface area (Å²) in [7, 11) is 0. The average Bonchev–Trinajstić information content (AvgIpc) is 3.02. The number of likely N-dealkylation sites (tertiary alicyclic amines) is 1. The zero-order chi connectivity index (χ0) is 9.97. The van der Waals surface area contributed by atoms with Crippen molar-refractivity contribution in [2.75, 3.05) is 19.7 Å².